The van der Waals surface area contributed by atoms with Crippen molar-refractivity contribution in [3.05, 3.63) is 41.4 Å². The number of aromatic nitrogens is 4. The van der Waals surface area contributed by atoms with Crippen LogP contribution in [-0.4, -0.2) is 31.9 Å². The normalized spacial score (nSPS) is 11.3. The summed E-state index contributed by atoms with van der Waals surface area (Å²) in [4.78, 5) is 7.55. The van der Waals surface area contributed by atoms with Crippen molar-refractivity contribution >= 4 is 11.3 Å². The Morgan fingerprint density at radius 2 is 2.30 bits per heavy atom. The van der Waals surface area contributed by atoms with Gasteiger partial charge in [-0.1, -0.05) is 11.2 Å². The first kappa shape index (κ1) is 13.0. The standard InChI is InChI=1S/C13H15N5OS/c1-17(7-10-6-14-18(2)8-10)9-12-15-13(16-19-12)11-4-3-5-20-11/h3-6,8H,7,9H2,1-2H3. The van der Waals surface area contributed by atoms with Crippen LogP contribution in [0.3, 0.4) is 0 Å². The van der Waals surface area contributed by atoms with Crippen molar-refractivity contribution < 1.29 is 4.52 Å². The Morgan fingerprint density at radius 3 is 3.00 bits per heavy atom. The SMILES string of the molecule is CN(Cc1cnn(C)c1)Cc1nc(-c2cccs2)no1. The van der Waals surface area contributed by atoms with E-state index in [1.54, 1.807) is 16.0 Å². The number of aryl methyl sites for hydroxylation is 1. The molecule has 0 radical (unpaired) electrons. The lowest BCUT2D eigenvalue weighted by Crippen LogP contribution is -2.17. The van der Waals surface area contributed by atoms with Crippen molar-refractivity contribution in [1.29, 1.82) is 0 Å². The molecule has 0 aliphatic carbocycles. The molecular weight excluding hydrogens is 274 g/mol. The van der Waals surface area contributed by atoms with Crippen LogP contribution in [-0.2, 0) is 20.1 Å². The zero-order valence-electron chi connectivity index (χ0n) is 11.4. The lowest BCUT2D eigenvalue weighted by Gasteiger charge is -2.12. The van der Waals surface area contributed by atoms with E-state index in [4.69, 9.17) is 4.52 Å². The van der Waals surface area contributed by atoms with Gasteiger partial charge in [0.2, 0.25) is 11.7 Å². The zero-order chi connectivity index (χ0) is 13.9. The van der Waals surface area contributed by atoms with E-state index < -0.39 is 0 Å². The summed E-state index contributed by atoms with van der Waals surface area (Å²) < 4.78 is 7.08. The summed E-state index contributed by atoms with van der Waals surface area (Å²) in [6.45, 7) is 1.41. The fourth-order valence-corrected chi connectivity index (χ4v) is 2.63. The maximum absolute atomic E-state index is 5.29. The van der Waals surface area contributed by atoms with Gasteiger partial charge in [0.25, 0.3) is 0 Å². The van der Waals surface area contributed by atoms with Gasteiger partial charge in [0.1, 0.15) is 0 Å². The molecular formula is C13H15N5OS. The third-order valence-electron chi connectivity index (χ3n) is 2.83. The van der Waals surface area contributed by atoms with Gasteiger partial charge >= 0.3 is 0 Å². The number of hydrogen-bond donors (Lipinski definition) is 0. The molecule has 0 aliphatic heterocycles. The second kappa shape index (κ2) is 5.56. The van der Waals surface area contributed by atoms with Gasteiger partial charge in [-0.2, -0.15) is 10.1 Å². The molecule has 0 aromatic carbocycles. The summed E-state index contributed by atoms with van der Waals surface area (Å²) >= 11 is 1.60. The van der Waals surface area contributed by atoms with E-state index in [1.807, 2.05) is 44.0 Å². The summed E-state index contributed by atoms with van der Waals surface area (Å²) in [5, 5.41) is 10.2. The molecule has 0 amide bonds. The highest BCUT2D eigenvalue weighted by molar-refractivity contribution is 7.13. The molecule has 104 valence electrons. The molecule has 3 rings (SSSR count). The molecule has 0 fully saturated rings. The Kier molecular flexibility index (Phi) is 3.62. The van der Waals surface area contributed by atoms with E-state index in [-0.39, 0.29) is 0 Å². The highest BCUT2D eigenvalue weighted by atomic mass is 32.1. The average Bonchev–Trinajstić information content (AvgIpc) is 3.10. The Morgan fingerprint density at radius 1 is 1.40 bits per heavy atom. The summed E-state index contributed by atoms with van der Waals surface area (Å²) in [5.74, 6) is 1.28. The quantitative estimate of drug-likeness (QED) is 0.720. The largest absolute Gasteiger partial charge is 0.338 e. The van der Waals surface area contributed by atoms with Crippen molar-refractivity contribution in [1.82, 2.24) is 24.8 Å². The van der Waals surface area contributed by atoms with Crippen molar-refractivity contribution in [3.8, 4) is 10.7 Å². The monoisotopic (exact) mass is 289 g/mol. The third kappa shape index (κ3) is 2.94. The van der Waals surface area contributed by atoms with Gasteiger partial charge < -0.3 is 4.52 Å². The van der Waals surface area contributed by atoms with Crippen LogP contribution in [0.1, 0.15) is 11.5 Å². The highest BCUT2D eigenvalue weighted by Crippen LogP contribution is 2.21. The lowest BCUT2D eigenvalue weighted by molar-refractivity contribution is 0.261. The van der Waals surface area contributed by atoms with Crippen LogP contribution < -0.4 is 0 Å². The molecule has 0 saturated carbocycles. The summed E-state index contributed by atoms with van der Waals surface area (Å²) in [6, 6.07) is 3.96. The molecule has 0 aliphatic rings. The Labute approximate surface area is 120 Å². The summed E-state index contributed by atoms with van der Waals surface area (Å²) in [6.07, 6.45) is 3.86. The third-order valence-corrected chi connectivity index (χ3v) is 3.69. The first-order valence-electron chi connectivity index (χ1n) is 6.23. The van der Waals surface area contributed by atoms with E-state index in [0.29, 0.717) is 18.3 Å². The van der Waals surface area contributed by atoms with Gasteiger partial charge in [-0.05, 0) is 18.5 Å². The first-order valence-corrected chi connectivity index (χ1v) is 7.11. The Balaban J connectivity index is 1.63. The molecule has 0 spiro atoms. The Bertz CT molecular complexity index is 673. The fraction of sp³-hybridized carbons (Fsp3) is 0.308. The molecule has 3 aromatic rings. The molecule has 6 nitrogen and oxygen atoms in total. The second-order valence-corrected chi connectivity index (χ2v) is 5.63. The summed E-state index contributed by atoms with van der Waals surface area (Å²) in [7, 11) is 3.93. The number of hydrogen-bond acceptors (Lipinski definition) is 6. The first-order chi connectivity index (χ1) is 9.70. The van der Waals surface area contributed by atoms with Gasteiger partial charge in [0.15, 0.2) is 0 Å². The van der Waals surface area contributed by atoms with Gasteiger partial charge in [-0.25, -0.2) is 0 Å². The predicted molar refractivity (Wildman–Crippen MR) is 76.0 cm³/mol. The van der Waals surface area contributed by atoms with Crippen molar-refractivity contribution in [2.75, 3.05) is 7.05 Å². The van der Waals surface area contributed by atoms with Crippen LogP contribution in [0.2, 0.25) is 0 Å². The van der Waals surface area contributed by atoms with Crippen LogP contribution in [0.25, 0.3) is 10.7 Å². The minimum Gasteiger partial charge on any atom is -0.338 e. The molecule has 0 bridgehead atoms. The smallest absolute Gasteiger partial charge is 0.241 e. The maximum Gasteiger partial charge on any atom is 0.241 e. The number of thiophene rings is 1. The highest BCUT2D eigenvalue weighted by Gasteiger charge is 2.12. The van der Waals surface area contributed by atoms with E-state index in [9.17, 15) is 0 Å². The van der Waals surface area contributed by atoms with Gasteiger partial charge in [0, 0.05) is 25.4 Å². The van der Waals surface area contributed by atoms with E-state index in [2.05, 4.69) is 20.1 Å². The molecule has 0 N–H and O–H groups in total. The van der Waals surface area contributed by atoms with Crippen LogP contribution >= 0.6 is 11.3 Å². The molecule has 20 heavy (non-hydrogen) atoms. The van der Waals surface area contributed by atoms with Crippen LogP contribution in [0.5, 0.6) is 0 Å². The minimum absolute atomic E-state index is 0.618. The zero-order valence-corrected chi connectivity index (χ0v) is 12.2. The number of nitrogens with zero attached hydrogens (tertiary/aromatic N) is 5. The van der Waals surface area contributed by atoms with Gasteiger partial charge in [0.05, 0.1) is 17.6 Å². The van der Waals surface area contributed by atoms with Crippen molar-refractivity contribution in [2.24, 2.45) is 7.05 Å². The van der Waals surface area contributed by atoms with E-state index in [0.717, 1.165) is 17.0 Å². The second-order valence-electron chi connectivity index (χ2n) is 4.68. The summed E-state index contributed by atoms with van der Waals surface area (Å²) in [5.41, 5.74) is 1.16. The predicted octanol–water partition coefficient (Wildman–Crippen LogP) is 2.16. The van der Waals surface area contributed by atoms with Gasteiger partial charge in [-0.15, -0.1) is 11.3 Å². The molecule has 3 aromatic heterocycles. The van der Waals surface area contributed by atoms with E-state index >= 15 is 0 Å². The topological polar surface area (TPSA) is 60.0 Å². The molecule has 0 saturated heterocycles. The molecule has 0 atom stereocenters. The van der Waals surface area contributed by atoms with Crippen LogP contribution in [0, 0.1) is 0 Å². The Hall–Kier alpha value is -1.99. The van der Waals surface area contributed by atoms with Gasteiger partial charge in [-0.3, -0.25) is 9.58 Å². The van der Waals surface area contributed by atoms with Crippen molar-refractivity contribution in [2.45, 2.75) is 13.1 Å². The molecule has 3 heterocycles. The fourth-order valence-electron chi connectivity index (χ4n) is 1.98. The molecule has 7 heteroatoms. The van der Waals surface area contributed by atoms with Crippen LogP contribution in [0.4, 0.5) is 0 Å². The number of rotatable bonds is 5. The maximum atomic E-state index is 5.29. The van der Waals surface area contributed by atoms with Crippen molar-refractivity contribution in [3.63, 3.8) is 0 Å². The van der Waals surface area contributed by atoms with Crippen LogP contribution in [0.15, 0.2) is 34.4 Å². The average molecular weight is 289 g/mol. The lowest BCUT2D eigenvalue weighted by atomic mass is 10.3. The minimum atomic E-state index is 0.618. The molecule has 0 unspecified atom stereocenters. The van der Waals surface area contributed by atoms with E-state index in [1.165, 1.54) is 0 Å².